The molecule has 0 atom stereocenters. The van der Waals surface area contributed by atoms with Gasteiger partial charge in [-0.05, 0) is 55.0 Å². The number of carbonyl (C=O) groups excluding carboxylic acids is 2. The van der Waals surface area contributed by atoms with Gasteiger partial charge in [-0.1, -0.05) is 15.9 Å². The summed E-state index contributed by atoms with van der Waals surface area (Å²) >= 11 is 8.56. The second-order valence-corrected chi connectivity index (χ2v) is 7.71. The van der Waals surface area contributed by atoms with Crippen molar-refractivity contribution in [3.05, 3.63) is 61.6 Å². The van der Waals surface area contributed by atoms with Crippen LogP contribution < -0.4 is 19.7 Å². The van der Waals surface area contributed by atoms with Crippen LogP contribution in [0, 0.1) is 17.0 Å². The predicted molar refractivity (Wildman–Crippen MR) is 121 cm³/mol. The maximum absolute atomic E-state index is 13.2. The zero-order chi connectivity index (χ0) is 22.9. The summed E-state index contributed by atoms with van der Waals surface area (Å²) in [6, 6.07) is 7.70. The second kappa shape index (κ2) is 8.82. The van der Waals surface area contributed by atoms with Crippen LogP contribution in [-0.4, -0.2) is 36.1 Å². The minimum Gasteiger partial charge on any atom is -0.493 e. The van der Waals surface area contributed by atoms with Crippen LogP contribution in [0.2, 0.25) is 0 Å². The summed E-state index contributed by atoms with van der Waals surface area (Å²) in [5, 5.41) is 13.9. The predicted octanol–water partition coefficient (Wildman–Crippen LogP) is 3.51. The van der Waals surface area contributed by atoms with Gasteiger partial charge in [0, 0.05) is 4.47 Å². The van der Waals surface area contributed by atoms with E-state index in [9.17, 15) is 19.7 Å². The number of anilines is 1. The van der Waals surface area contributed by atoms with Crippen molar-refractivity contribution in [2.24, 2.45) is 0 Å². The summed E-state index contributed by atoms with van der Waals surface area (Å²) in [5.41, 5.74) is 0.543. The van der Waals surface area contributed by atoms with Gasteiger partial charge in [0.1, 0.15) is 5.57 Å². The molecule has 1 N–H and O–H groups in total. The van der Waals surface area contributed by atoms with E-state index < -0.39 is 16.7 Å². The van der Waals surface area contributed by atoms with E-state index in [0.29, 0.717) is 5.69 Å². The molecule has 0 spiro atoms. The molecule has 1 aliphatic heterocycles. The van der Waals surface area contributed by atoms with Crippen LogP contribution in [0.1, 0.15) is 11.1 Å². The number of aryl methyl sites for hydroxylation is 1. The number of methoxy groups -OCH3 is 2. The molecule has 0 bridgehead atoms. The summed E-state index contributed by atoms with van der Waals surface area (Å²) in [6.45, 7) is 1.79. The number of thiocarbonyl (C=S) groups is 1. The molecule has 2 aromatic carbocycles. The number of hydrogen-bond donors (Lipinski definition) is 1. The first-order valence-electron chi connectivity index (χ1n) is 8.76. The maximum atomic E-state index is 13.2. The number of ether oxygens (including phenoxy) is 2. The lowest BCUT2D eigenvalue weighted by molar-refractivity contribution is -0.385. The van der Waals surface area contributed by atoms with Gasteiger partial charge in [-0.25, -0.2) is 0 Å². The molecule has 3 rings (SSSR count). The van der Waals surface area contributed by atoms with Gasteiger partial charge in [0.05, 0.1) is 36.5 Å². The monoisotopic (exact) mass is 505 g/mol. The van der Waals surface area contributed by atoms with Gasteiger partial charge in [-0.2, -0.15) is 0 Å². The Hall–Kier alpha value is -3.31. The minimum absolute atomic E-state index is 0.00134. The lowest BCUT2D eigenvalue weighted by Gasteiger charge is -2.30. The summed E-state index contributed by atoms with van der Waals surface area (Å²) in [6.07, 6.45) is 1.14. The third-order valence-corrected chi connectivity index (χ3v) is 5.31. The molecular formula is C20H16BrN3O6S. The second-order valence-electron chi connectivity index (χ2n) is 6.41. The van der Waals surface area contributed by atoms with Crippen LogP contribution in [0.25, 0.3) is 6.08 Å². The van der Waals surface area contributed by atoms with E-state index in [2.05, 4.69) is 21.2 Å². The summed E-state index contributed by atoms with van der Waals surface area (Å²) in [4.78, 5) is 37.9. The van der Waals surface area contributed by atoms with Gasteiger partial charge in [0.25, 0.3) is 17.5 Å². The zero-order valence-corrected chi connectivity index (χ0v) is 19.0. The molecule has 1 fully saturated rings. The van der Waals surface area contributed by atoms with E-state index in [4.69, 9.17) is 21.7 Å². The van der Waals surface area contributed by atoms with Crippen LogP contribution in [0.5, 0.6) is 11.5 Å². The lowest BCUT2D eigenvalue weighted by Crippen LogP contribution is -2.54. The maximum Gasteiger partial charge on any atom is 0.280 e. The Labute approximate surface area is 190 Å². The Bertz CT molecular complexity index is 1160. The smallest absolute Gasteiger partial charge is 0.280 e. The molecule has 1 aliphatic rings. The number of nitro groups is 1. The van der Waals surface area contributed by atoms with Gasteiger partial charge in [0.15, 0.2) is 16.6 Å². The first-order chi connectivity index (χ1) is 14.7. The normalized spacial score (nSPS) is 15.2. The van der Waals surface area contributed by atoms with E-state index in [-0.39, 0.29) is 33.4 Å². The number of rotatable bonds is 5. The van der Waals surface area contributed by atoms with Crippen molar-refractivity contribution in [3.63, 3.8) is 0 Å². The highest BCUT2D eigenvalue weighted by Crippen LogP contribution is 2.36. The molecule has 0 aliphatic carbocycles. The van der Waals surface area contributed by atoms with E-state index in [0.717, 1.165) is 22.2 Å². The number of nitrogens with one attached hydrogen (secondary N) is 1. The molecule has 1 saturated heterocycles. The average molecular weight is 506 g/mol. The van der Waals surface area contributed by atoms with Crippen molar-refractivity contribution in [1.29, 1.82) is 0 Å². The Morgan fingerprint density at radius 3 is 2.39 bits per heavy atom. The number of nitrogens with zero attached hydrogens (tertiary/aromatic N) is 2. The van der Waals surface area contributed by atoms with Gasteiger partial charge in [-0.15, -0.1) is 0 Å². The number of benzene rings is 2. The fourth-order valence-electron chi connectivity index (χ4n) is 3.06. The van der Waals surface area contributed by atoms with Gasteiger partial charge in [-0.3, -0.25) is 29.9 Å². The van der Waals surface area contributed by atoms with Crippen molar-refractivity contribution in [2.45, 2.75) is 6.92 Å². The first kappa shape index (κ1) is 22.4. The molecule has 2 aromatic rings. The van der Waals surface area contributed by atoms with Gasteiger partial charge >= 0.3 is 0 Å². The Morgan fingerprint density at radius 2 is 1.81 bits per heavy atom. The van der Waals surface area contributed by atoms with Gasteiger partial charge < -0.3 is 9.47 Å². The fourth-order valence-corrected chi connectivity index (χ4v) is 3.81. The largest absolute Gasteiger partial charge is 0.493 e. The average Bonchev–Trinajstić information content (AvgIpc) is 2.71. The standard InChI is InChI=1S/C20H16BrN3O6S/c1-10-6-12(21)4-5-14(10)23-19(26)13(18(25)22-20(23)31)7-11-8-16(29-2)17(30-3)9-15(11)24(27)28/h4-9H,1-3H3,(H,22,25,31). The van der Waals surface area contributed by atoms with E-state index in [1.165, 1.54) is 25.2 Å². The summed E-state index contributed by atoms with van der Waals surface area (Å²) < 4.78 is 11.1. The highest BCUT2D eigenvalue weighted by molar-refractivity contribution is 9.10. The van der Waals surface area contributed by atoms with Crippen molar-refractivity contribution in [2.75, 3.05) is 19.1 Å². The molecule has 160 valence electrons. The molecule has 0 saturated carbocycles. The third-order valence-electron chi connectivity index (χ3n) is 4.53. The van der Waals surface area contributed by atoms with E-state index in [1.807, 2.05) is 0 Å². The topological polar surface area (TPSA) is 111 Å². The third kappa shape index (κ3) is 4.28. The molecular weight excluding hydrogens is 490 g/mol. The highest BCUT2D eigenvalue weighted by atomic mass is 79.9. The van der Waals surface area contributed by atoms with E-state index in [1.54, 1.807) is 25.1 Å². The quantitative estimate of drug-likeness (QED) is 0.217. The molecule has 2 amide bonds. The summed E-state index contributed by atoms with van der Waals surface area (Å²) in [7, 11) is 2.72. The van der Waals surface area contributed by atoms with Gasteiger partial charge in [0.2, 0.25) is 0 Å². The highest BCUT2D eigenvalue weighted by Gasteiger charge is 2.36. The molecule has 9 nitrogen and oxygen atoms in total. The van der Waals surface area contributed by atoms with Crippen molar-refractivity contribution < 1.29 is 24.0 Å². The molecule has 1 heterocycles. The number of amides is 2. The lowest BCUT2D eigenvalue weighted by atomic mass is 10.0. The Kier molecular flexibility index (Phi) is 6.37. The first-order valence-corrected chi connectivity index (χ1v) is 9.96. The minimum atomic E-state index is -0.759. The number of nitro benzene ring substituents is 1. The molecule has 0 aromatic heterocycles. The molecule has 11 heteroatoms. The zero-order valence-electron chi connectivity index (χ0n) is 16.6. The number of carbonyl (C=O) groups is 2. The van der Waals surface area contributed by atoms with Crippen molar-refractivity contribution in [3.8, 4) is 11.5 Å². The molecule has 31 heavy (non-hydrogen) atoms. The van der Waals surface area contributed by atoms with E-state index >= 15 is 0 Å². The Balaban J connectivity index is 2.15. The summed E-state index contributed by atoms with van der Waals surface area (Å²) in [5.74, 6) is -1.11. The van der Waals surface area contributed by atoms with Crippen molar-refractivity contribution in [1.82, 2.24) is 5.32 Å². The van der Waals surface area contributed by atoms with Crippen LogP contribution in [-0.2, 0) is 9.59 Å². The fraction of sp³-hybridized carbons (Fsp3) is 0.150. The SMILES string of the molecule is COc1cc(C=C2C(=O)NC(=S)N(c3ccc(Br)cc3C)C2=O)c([N+](=O)[O-])cc1OC. The number of halogens is 1. The van der Waals surface area contributed by atoms with Crippen LogP contribution in [0.15, 0.2) is 40.4 Å². The van der Waals surface area contributed by atoms with Crippen LogP contribution >= 0.6 is 28.1 Å². The van der Waals surface area contributed by atoms with Crippen LogP contribution in [0.4, 0.5) is 11.4 Å². The Morgan fingerprint density at radius 1 is 1.16 bits per heavy atom. The molecule has 0 radical (unpaired) electrons. The molecule has 0 unspecified atom stereocenters. The van der Waals surface area contributed by atoms with Crippen molar-refractivity contribution >= 4 is 62.5 Å². The van der Waals surface area contributed by atoms with Crippen LogP contribution in [0.3, 0.4) is 0 Å². The number of hydrogen-bond acceptors (Lipinski definition) is 7.